The van der Waals surface area contributed by atoms with E-state index in [0.717, 1.165) is 28.0 Å². The van der Waals surface area contributed by atoms with Crippen LogP contribution in [0.2, 0.25) is 0 Å². The highest BCUT2D eigenvalue weighted by atomic mass is 15.1. The molecule has 0 radical (unpaired) electrons. The van der Waals surface area contributed by atoms with Gasteiger partial charge in [0.15, 0.2) is 0 Å². The van der Waals surface area contributed by atoms with Gasteiger partial charge in [-0.25, -0.2) is 0 Å². The van der Waals surface area contributed by atoms with Gasteiger partial charge in [-0.15, -0.1) is 0 Å². The predicted octanol–water partition coefficient (Wildman–Crippen LogP) is 2.70. The standard InChI is InChI=1S/C15H16N4/c1-9-4-3-5-13-15(9)12(8-17-13)14-6-11(7-16)10(2)18-19-14/h3-6,8,17H,7,16H2,1-2H3. The number of fused-ring (bicyclic) bond motifs is 1. The zero-order chi connectivity index (χ0) is 13.4. The first-order chi connectivity index (χ1) is 9.20. The summed E-state index contributed by atoms with van der Waals surface area (Å²) in [6.45, 7) is 4.51. The third-order valence-electron chi connectivity index (χ3n) is 3.49. The Morgan fingerprint density at radius 3 is 2.84 bits per heavy atom. The second-order valence-electron chi connectivity index (χ2n) is 4.74. The first-order valence-corrected chi connectivity index (χ1v) is 6.31. The van der Waals surface area contributed by atoms with E-state index in [1.165, 1.54) is 10.9 Å². The van der Waals surface area contributed by atoms with Gasteiger partial charge in [0.2, 0.25) is 0 Å². The zero-order valence-electron chi connectivity index (χ0n) is 11.1. The van der Waals surface area contributed by atoms with Gasteiger partial charge in [-0.2, -0.15) is 10.2 Å². The molecule has 0 aliphatic heterocycles. The molecule has 0 saturated heterocycles. The van der Waals surface area contributed by atoms with Crippen molar-refractivity contribution in [3.8, 4) is 11.3 Å². The second-order valence-corrected chi connectivity index (χ2v) is 4.74. The lowest BCUT2D eigenvalue weighted by molar-refractivity contribution is 0.925. The molecule has 4 heteroatoms. The van der Waals surface area contributed by atoms with E-state index in [1.807, 2.05) is 25.3 Å². The smallest absolute Gasteiger partial charge is 0.0954 e. The van der Waals surface area contributed by atoms with Crippen LogP contribution in [-0.4, -0.2) is 15.2 Å². The first kappa shape index (κ1) is 11.9. The van der Waals surface area contributed by atoms with Gasteiger partial charge < -0.3 is 10.7 Å². The Morgan fingerprint density at radius 1 is 1.21 bits per heavy atom. The Kier molecular flexibility index (Phi) is 2.80. The molecule has 0 bridgehead atoms. The number of hydrogen-bond donors (Lipinski definition) is 2. The van der Waals surface area contributed by atoms with Crippen LogP contribution >= 0.6 is 0 Å². The van der Waals surface area contributed by atoms with Gasteiger partial charge in [0.05, 0.1) is 11.4 Å². The van der Waals surface area contributed by atoms with Gasteiger partial charge in [-0.3, -0.25) is 0 Å². The maximum absolute atomic E-state index is 5.74. The summed E-state index contributed by atoms with van der Waals surface area (Å²) in [6, 6.07) is 8.24. The highest BCUT2D eigenvalue weighted by Gasteiger charge is 2.11. The summed E-state index contributed by atoms with van der Waals surface area (Å²) < 4.78 is 0. The van der Waals surface area contributed by atoms with Crippen LogP contribution < -0.4 is 5.73 Å². The Morgan fingerprint density at radius 2 is 2.05 bits per heavy atom. The van der Waals surface area contributed by atoms with Crippen molar-refractivity contribution in [1.29, 1.82) is 0 Å². The summed E-state index contributed by atoms with van der Waals surface area (Å²) in [7, 11) is 0. The highest BCUT2D eigenvalue weighted by molar-refractivity contribution is 5.96. The summed E-state index contributed by atoms with van der Waals surface area (Å²) in [5.41, 5.74) is 12.0. The maximum Gasteiger partial charge on any atom is 0.0954 e. The largest absolute Gasteiger partial charge is 0.360 e. The first-order valence-electron chi connectivity index (χ1n) is 6.31. The lowest BCUT2D eigenvalue weighted by Gasteiger charge is -2.05. The minimum absolute atomic E-state index is 0.482. The number of rotatable bonds is 2. The summed E-state index contributed by atoms with van der Waals surface area (Å²) in [5.74, 6) is 0. The molecule has 0 unspecified atom stereocenters. The van der Waals surface area contributed by atoms with E-state index in [0.29, 0.717) is 6.54 Å². The number of aromatic amines is 1. The van der Waals surface area contributed by atoms with Gasteiger partial charge in [-0.05, 0) is 37.1 Å². The molecule has 0 saturated carbocycles. The summed E-state index contributed by atoms with van der Waals surface area (Å²) >= 11 is 0. The van der Waals surface area contributed by atoms with Crippen LogP contribution in [0.5, 0.6) is 0 Å². The van der Waals surface area contributed by atoms with E-state index in [9.17, 15) is 0 Å². The normalized spacial score (nSPS) is 11.1. The molecular weight excluding hydrogens is 236 g/mol. The average molecular weight is 252 g/mol. The van der Waals surface area contributed by atoms with Crippen LogP contribution in [0, 0.1) is 13.8 Å². The molecule has 0 aliphatic carbocycles. The van der Waals surface area contributed by atoms with Crippen molar-refractivity contribution in [3.63, 3.8) is 0 Å². The van der Waals surface area contributed by atoms with E-state index < -0.39 is 0 Å². The van der Waals surface area contributed by atoms with E-state index >= 15 is 0 Å². The van der Waals surface area contributed by atoms with Crippen molar-refractivity contribution in [2.75, 3.05) is 0 Å². The van der Waals surface area contributed by atoms with Gasteiger partial charge in [0, 0.05) is 29.2 Å². The fourth-order valence-corrected chi connectivity index (χ4v) is 2.40. The fourth-order valence-electron chi connectivity index (χ4n) is 2.40. The van der Waals surface area contributed by atoms with Gasteiger partial charge in [0.25, 0.3) is 0 Å². The van der Waals surface area contributed by atoms with Crippen molar-refractivity contribution in [2.45, 2.75) is 20.4 Å². The third-order valence-corrected chi connectivity index (χ3v) is 3.49. The minimum atomic E-state index is 0.482. The minimum Gasteiger partial charge on any atom is -0.360 e. The van der Waals surface area contributed by atoms with E-state index in [4.69, 9.17) is 5.73 Å². The molecule has 96 valence electrons. The third kappa shape index (κ3) is 1.90. The zero-order valence-corrected chi connectivity index (χ0v) is 11.1. The second kappa shape index (κ2) is 4.48. The molecule has 3 rings (SSSR count). The van der Waals surface area contributed by atoms with Crippen LogP contribution in [0.3, 0.4) is 0 Å². The number of benzene rings is 1. The number of aromatic nitrogens is 3. The van der Waals surface area contributed by atoms with Crippen molar-refractivity contribution >= 4 is 10.9 Å². The van der Waals surface area contributed by atoms with Crippen molar-refractivity contribution in [1.82, 2.24) is 15.2 Å². The van der Waals surface area contributed by atoms with Crippen molar-refractivity contribution in [3.05, 3.63) is 47.3 Å². The number of H-pyrrole nitrogens is 1. The summed E-state index contributed by atoms with van der Waals surface area (Å²) in [4.78, 5) is 3.28. The number of nitrogens with zero attached hydrogens (tertiary/aromatic N) is 2. The van der Waals surface area contributed by atoms with Crippen molar-refractivity contribution < 1.29 is 0 Å². The molecule has 1 aromatic carbocycles. The van der Waals surface area contributed by atoms with Crippen molar-refractivity contribution in [2.24, 2.45) is 5.73 Å². The van der Waals surface area contributed by atoms with Gasteiger partial charge >= 0.3 is 0 Å². The summed E-state index contributed by atoms with van der Waals surface area (Å²) in [6.07, 6.45) is 1.98. The molecule has 2 heterocycles. The monoisotopic (exact) mass is 252 g/mol. The lowest BCUT2D eigenvalue weighted by atomic mass is 10.0. The quantitative estimate of drug-likeness (QED) is 0.736. The van der Waals surface area contributed by atoms with Crippen LogP contribution in [0.15, 0.2) is 30.5 Å². The molecule has 19 heavy (non-hydrogen) atoms. The fraction of sp³-hybridized carbons (Fsp3) is 0.200. The predicted molar refractivity (Wildman–Crippen MR) is 76.7 cm³/mol. The summed E-state index contributed by atoms with van der Waals surface area (Å²) in [5, 5.41) is 9.69. The SMILES string of the molecule is Cc1nnc(-c2c[nH]c3cccc(C)c23)cc1CN. The Labute approximate surface area is 111 Å². The molecular formula is C15H16N4. The molecule has 0 atom stereocenters. The van der Waals surface area contributed by atoms with Gasteiger partial charge in [-0.1, -0.05) is 12.1 Å². The Bertz CT molecular complexity index is 743. The van der Waals surface area contributed by atoms with Gasteiger partial charge in [0.1, 0.15) is 0 Å². The molecule has 2 aromatic heterocycles. The molecule has 0 amide bonds. The van der Waals surface area contributed by atoms with E-state index in [2.05, 4.69) is 34.2 Å². The molecule has 3 N–H and O–H groups in total. The maximum atomic E-state index is 5.74. The lowest BCUT2D eigenvalue weighted by Crippen LogP contribution is -2.03. The average Bonchev–Trinajstić information content (AvgIpc) is 2.85. The number of aryl methyl sites for hydroxylation is 2. The molecule has 0 spiro atoms. The topological polar surface area (TPSA) is 67.6 Å². The van der Waals surface area contributed by atoms with Crippen LogP contribution in [0.25, 0.3) is 22.2 Å². The van der Waals surface area contributed by atoms with Crippen LogP contribution in [0.1, 0.15) is 16.8 Å². The number of hydrogen-bond acceptors (Lipinski definition) is 3. The number of nitrogens with one attached hydrogen (secondary N) is 1. The molecule has 4 nitrogen and oxygen atoms in total. The number of nitrogens with two attached hydrogens (primary N) is 1. The highest BCUT2D eigenvalue weighted by Crippen LogP contribution is 2.30. The van der Waals surface area contributed by atoms with Crippen LogP contribution in [-0.2, 0) is 6.54 Å². The van der Waals surface area contributed by atoms with E-state index in [-0.39, 0.29) is 0 Å². The molecule has 0 fully saturated rings. The molecule has 0 aliphatic rings. The van der Waals surface area contributed by atoms with Crippen LogP contribution in [0.4, 0.5) is 0 Å². The Balaban J connectivity index is 2.25. The van der Waals surface area contributed by atoms with E-state index in [1.54, 1.807) is 0 Å². The molecule has 3 aromatic rings. The Hall–Kier alpha value is -2.20.